The van der Waals surface area contributed by atoms with E-state index in [0.29, 0.717) is 10.7 Å². The van der Waals surface area contributed by atoms with Gasteiger partial charge in [-0.3, -0.25) is 4.52 Å². The molecule has 0 aliphatic carbocycles. The van der Waals surface area contributed by atoms with Gasteiger partial charge < -0.3 is 30.1 Å². The molecule has 22 heavy (non-hydrogen) atoms. The van der Waals surface area contributed by atoms with E-state index in [2.05, 4.69) is 9.84 Å². The van der Waals surface area contributed by atoms with Gasteiger partial charge in [-0.15, -0.1) is 0 Å². The van der Waals surface area contributed by atoms with Gasteiger partial charge in [-0.05, 0) is 18.2 Å². The first-order chi connectivity index (χ1) is 10.3. The average molecular weight is 354 g/mol. The van der Waals surface area contributed by atoms with Gasteiger partial charge in [-0.2, -0.15) is 0 Å². The molecule has 10 heteroatoms. The summed E-state index contributed by atoms with van der Waals surface area (Å²) >= 11 is 5.85. The van der Waals surface area contributed by atoms with Crippen LogP contribution in [0.4, 0.5) is 5.69 Å². The number of aliphatic hydroxyl groups excluding tert-OH is 2. The summed E-state index contributed by atoms with van der Waals surface area (Å²) in [5.41, 5.74) is 0.715. The molecular weight excluding hydrogens is 337 g/mol. The lowest BCUT2D eigenvalue weighted by Gasteiger charge is -2.16. The number of ether oxygens (including phenoxy) is 1. The van der Waals surface area contributed by atoms with E-state index in [1.807, 2.05) is 0 Å². The van der Waals surface area contributed by atoms with Gasteiger partial charge in [0.1, 0.15) is 24.4 Å². The molecule has 8 nitrogen and oxygen atoms in total. The molecule has 0 saturated carbocycles. The first-order valence-electron chi connectivity index (χ1n) is 6.47. The zero-order valence-corrected chi connectivity index (χ0v) is 13.0. The molecule has 0 bridgehead atoms. The largest absolute Gasteiger partial charge is 0.469 e. The van der Waals surface area contributed by atoms with E-state index in [1.54, 1.807) is 24.3 Å². The van der Waals surface area contributed by atoms with Gasteiger partial charge in [-0.25, -0.2) is 4.57 Å². The predicted octanol–water partition coefficient (Wildman–Crippen LogP) is 0.350. The number of nitrogens with one attached hydrogen (secondary N) is 1. The van der Waals surface area contributed by atoms with Crippen molar-refractivity contribution in [3.05, 3.63) is 29.3 Å². The molecule has 1 aromatic carbocycles. The van der Waals surface area contributed by atoms with Gasteiger partial charge in [0.05, 0.1) is 6.61 Å². The Morgan fingerprint density at radius 2 is 1.95 bits per heavy atom. The molecule has 1 fully saturated rings. The molecule has 0 spiro atoms. The van der Waals surface area contributed by atoms with Crippen LogP contribution in [0.3, 0.4) is 0 Å². The molecule has 0 radical (unpaired) electrons. The van der Waals surface area contributed by atoms with Crippen LogP contribution in [0.1, 0.15) is 0 Å². The summed E-state index contributed by atoms with van der Waals surface area (Å²) in [7, 11) is -4.66. The van der Waals surface area contributed by atoms with Gasteiger partial charge in [0, 0.05) is 17.3 Å². The molecule has 0 amide bonds. The molecule has 1 saturated heterocycles. The quantitative estimate of drug-likeness (QED) is 0.463. The number of phosphoric ester groups is 1. The standard InChI is InChI=1S/C12H17ClNO7P/c13-7-2-1-3-8(4-7)14-5-9-11(15)12(16)10(21-9)6-20-22(17,18)19/h1-4,9-12,14-16H,5-6H2,(H2,17,18,19)/t9-,10-,11-,12-/m1/s1. The first kappa shape index (κ1) is 17.7. The SMILES string of the molecule is O=P(O)(O)OC[C@H]1O[C@H](CNc2cccc(Cl)c2)[C@@H](O)[C@@H]1O. The third-order valence-corrected chi connectivity index (χ3v) is 3.92. The van der Waals surface area contributed by atoms with Crippen molar-refractivity contribution < 1.29 is 33.8 Å². The van der Waals surface area contributed by atoms with E-state index in [0.717, 1.165) is 0 Å². The summed E-state index contributed by atoms with van der Waals surface area (Å²) in [5.74, 6) is 0. The summed E-state index contributed by atoms with van der Waals surface area (Å²) in [4.78, 5) is 17.3. The van der Waals surface area contributed by atoms with E-state index < -0.39 is 38.8 Å². The summed E-state index contributed by atoms with van der Waals surface area (Å²) in [6, 6.07) is 6.93. The second-order valence-electron chi connectivity index (χ2n) is 4.87. The number of phosphoric acid groups is 1. The minimum absolute atomic E-state index is 0.185. The van der Waals surface area contributed by atoms with E-state index >= 15 is 0 Å². The maximum absolute atomic E-state index is 10.6. The van der Waals surface area contributed by atoms with Crippen LogP contribution < -0.4 is 5.32 Å². The second kappa shape index (κ2) is 7.25. The molecule has 1 aliphatic heterocycles. The number of aliphatic hydroxyl groups is 2. The predicted molar refractivity (Wildman–Crippen MR) is 78.6 cm³/mol. The minimum Gasteiger partial charge on any atom is -0.388 e. The highest BCUT2D eigenvalue weighted by molar-refractivity contribution is 7.46. The number of halogens is 1. The maximum atomic E-state index is 10.6. The lowest BCUT2D eigenvalue weighted by atomic mass is 10.1. The third kappa shape index (κ3) is 4.91. The van der Waals surface area contributed by atoms with E-state index in [9.17, 15) is 14.8 Å². The Kier molecular flexibility index (Phi) is 5.81. The Hall–Kier alpha value is -0.700. The van der Waals surface area contributed by atoms with Crippen molar-refractivity contribution in [2.75, 3.05) is 18.5 Å². The fourth-order valence-electron chi connectivity index (χ4n) is 2.12. The summed E-state index contributed by atoms with van der Waals surface area (Å²) in [5, 5.41) is 23.3. The fourth-order valence-corrected chi connectivity index (χ4v) is 2.65. The highest BCUT2D eigenvalue weighted by Crippen LogP contribution is 2.37. The zero-order valence-electron chi connectivity index (χ0n) is 11.4. The first-order valence-corrected chi connectivity index (χ1v) is 8.38. The monoisotopic (exact) mass is 353 g/mol. The topological polar surface area (TPSA) is 128 Å². The van der Waals surface area contributed by atoms with Gasteiger partial charge in [0.15, 0.2) is 0 Å². The summed E-state index contributed by atoms with van der Waals surface area (Å²) in [6.07, 6.45) is -4.26. The van der Waals surface area contributed by atoms with Crippen molar-refractivity contribution in [2.45, 2.75) is 24.4 Å². The zero-order chi connectivity index (χ0) is 16.3. The van der Waals surface area contributed by atoms with Crippen molar-refractivity contribution in [2.24, 2.45) is 0 Å². The normalized spacial score (nSPS) is 28.8. The Labute approximate surface area is 131 Å². The van der Waals surface area contributed by atoms with Crippen molar-refractivity contribution in [1.29, 1.82) is 0 Å². The van der Waals surface area contributed by atoms with E-state index in [4.69, 9.17) is 26.1 Å². The number of benzene rings is 1. The number of hydrogen-bond acceptors (Lipinski definition) is 6. The van der Waals surface area contributed by atoms with Gasteiger partial charge >= 0.3 is 7.82 Å². The smallest absolute Gasteiger partial charge is 0.388 e. The van der Waals surface area contributed by atoms with Crippen LogP contribution in [0.5, 0.6) is 0 Å². The van der Waals surface area contributed by atoms with Crippen molar-refractivity contribution in [3.8, 4) is 0 Å². The lowest BCUT2D eigenvalue weighted by Crippen LogP contribution is -2.36. The van der Waals surface area contributed by atoms with Gasteiger partial charge in [-0.1, -0.05) is 17.7 Å². The summed E-state index contributed by atoms with van der Waals surface area (Å²) in [6.45, 7) is -0.332. The second-order valence-corrected chi connectivity index (χ2v) is 6.55. The highest BCUT2D eigenvalue weighted by Gasteiger charge is 2.43. The van der Waals surface area contributed by atoms with Crippen LogP contribution in [-0.2, 0) is 13.8 Å². The third-order valence-electron chi connectivity index (χ3n) is 3.20. The number of hydrogen-bond donors (Lipinski definition) is 5. The molecule has 2 rings (SSSR count). The molecule has 1 aliphatic rings. The Morgan fingerprint density at radius 1 is 1.27 bits per heavy atom. The van der Waals surface area contributed by atoms with Gasteiger partial charge in [0.25, 0.3) is 0 Å². The highest BCUT2D eigenvalue weighted by atomic mass is 35.5. The van der Waals surface area contributed by atoms with Crippen LogP contribution in [0.25, 0.3) is 0 Å². The van der Waals surface area contributed by atoms with Crippen LogP contribution >= 0.6 is 19.4 Å². The maximum Gasteiger partial charge on any atom is 0.469 e. The summed E-state index contributed by atoms with van der Waals surface area (Å²) < 4.78 is 20.3. The van der Waals surface area contributed by atoms with E-state index in [-0.39, 0.29) is 6.54 Å². The Morgan fingerprint density at radius 3 is 2.59 bits per heavy atom. The Balaban J connectivity index is 1.88. The number of anilines is 1. The molecule has 124 valence electrons. The van der Waals surface area contributed by atoms with Crippen molar-refractivity contribution >= 4 is 25.1 Å². The molecular formula is C12H17ClNO7P. The fraction of sp³-hybridized carbons (Fsp3) is 0.500. The molecule has 0 aromatic heterocycles. The van der Waals surface area contributed by atoms with E-state index in [1.165, 1.54) is 0 Å². The molecule has 1 heterocycles. The van der Waals surface area contributed by atoms with Crippen molar-refractivity contribution in [3.63, 3.8) is 0 Å². The number of rotatable bonds is 6. The molecule has 0 unspecified atom stereocenters. The van der Waals surface area contributed by atoms with Crippen LogP contribution in [0.15, 0.2) is 24.3 Å². The minimum atomic E-state index is -4.66. The molecule has 1 aromatic rings. The van der Waals surface area contributed by atoms with Crippen LogP contribution in [0.2, 0.25) is 5.02 Å². The lowest BCUT2D eigenvalue weighted by molar-refractivity contribution is -0.0181. The molecule has 5 N–H and O–H groups in total. The molecule has 4 atom stereocenters. The van der Waals surface area contributed by atoms with Crippen LogP contribution in [-0.4, -0.2) is 57.6 Å². The van der Waals surface area contributed by atoms with Crippen molar-refractivity contribution in [1.82, 2.24) is 0 Å². The van der Waals surface area contributed by atoms with Gasteiger partial charge in [0.2, 0.25) is 0 Å². The Bertz CT molecular complexity index is 554. The average Bonchev–Trinajstić information content (AvgIpc) is 2.70. The van der Waals surface area contributed by atoms with Crippen LogP contribution in [0, 0.1) is 0 Å².